The summed E-state index contributed by atoms with van der Waals surface area (Å²) in [4.78, 5) is 12.1. The first-order valence-corrected chi connectivity index (χ1v) is 9.11. The predicted molar refractivity (Wildman–Crippen MR) is 101 cm³/mol. The molecule has 0 aliphatic heterocycles. The van der Waals surface area contributed by atoms with E-state index in [2.05, 4.69) is 24.3 Å². The summed E-state index contributed by atoms with van der Waals surface area (Å²) in [5, 5.41) is 9.92. The minimum Gasteiger partial charge on any atom is -0.463 e. The quantitative estimate of drug-likeness (QED) is 0.488. The van der Waals surface area contributed by atoms with Crippen LogP contribution in [0.5, 0.6) is 0 Å². The summed E-state index contributed by atoms with van der Waals surface area (Å²) in [6, 6.07) is 16.2. The zero-order valence-electron chi connectivity index (χ0n) is 15.2. The largest absolute Gasteiger partial charge is 0.463 e. The van der Waals surface area contributed by atoms with E-state index >= 15 is 0 Å². The maximum absolute atomic E-state index is 12.1. The Morgan fingerprint density at radius 3 is 2.19 bits per heavy atom. The van der Waals surface area contributed by atoms with Gasteiger partial charge in [-0.1, -0.05) is 48.5 Å². The summed E-state index contributed by atoms with van der Waals surface area (Å²) >= 11 is 0. The highest BCUT2D eigenvalue weighted by Crippen LogP contribution is 2.44. The average molecular weight is 371 g/mol. The summed E-state index contributed by atoms with van der Waals surface area (Å²) in [7, 11) is 0. The normalized spacial score (nSPS) is 13.9. The monoisotopic (exact) mass is 371 g/mol. The summed E-state index contributed by atoms with van der Waals surface area (Å²) in [5.74, 6) is -0.709. The van der Waals surface area contributed by atoms with Gasteiger partial charge < -0.3 is 25.1 Å². The number of carbonyl (C=O) groups is 1. The van der Waals surface area contributed by atoms with Gasteiger partial charge in [0.1, 0.15) is 6.61 Å². The van der Waals surface area contributed by atoms with Crippen LogP contribution in [-0.4, -0.2) is 56.8 Å². The van der Waals surface area contributed by atoms with E-state index in [-0.39, 0.29) is 25.7 Å². The van der Waals surface area contributed by atoms with E-state index in [1.807, 2.05) is 24.3 Å². The van der Waals surface area contributed by atoms with Crippen molar-refractivity contribution >= 4 is 5.97 Å². The summed E-state index contributed by atoms with van der Waals surface area (Å²) in [6.07, 6.45) is -1.31. The Hall–Kier alpha value is -2.25. The van der Waals surface area contributed by atoms with Gasteiger partial charge in [0.2, 0.25) is 0 Å². The minimum atomic E-state index is -1.31. The van der Waals surface area contributed by atoms with Crippen LogP contribution in [0.1, 0.15) is 17.0 Å². The molecule has 6 heteroatoms. The molecule has 27 heavy (non-hydrogen) atoms. The van der Waals surface area contributed by atoms with Crippen molar-refractivity contribution in [3.63, 3.8) is 0 Å². The van der Waals surface area contributed by atoms with Crippen molar-refractivity contribution in [3.05, 3.63) is 59.7 Å². The summed E-state index contributed by atoms with van der Waals surface area (Å²) < 4.78 is 15.8. The molecular formula is C21H25NO5. The third kappa shape index (κ3) is 4.73. The van der Waals surface area contributed by atoms with Crippen LogP contribution in [0.4, 0.5) is 0 Å². The van der Waals surface area contributed by atoms with E-state index in [0.717, 1.165) is 22.3 Å². The van der Waals surface area contributed by atoms with Gasteiger partial charge in [-0.3, -0.25) is 0 Å². The summed E-state index contributed by atoms with van der Waals surface area (Å²) in [5.41, 5.74) is 9.90. The van der Waals surface area contributed by atoms with E-state index in [9.17, 15) is 9.90 Å². The molecule has 0 aromatic heterocycles. The zero-order valence-corrected chi connectivity index (χ0v) is 15.2. The van der Waals surface area contributed by atoms with Gasteiger partial charge in [-0.25, -0.2) is 4.79 Å². The Bertz CT molecular complexity index is 718. The fourth-order valence-corrected chi connectivity index (χ4v) is 3.27. The molecule has 0 radical (unpaired) electrons. The van der Waals surface area contributed by atoms with Crippen LogP contribution in [0.15, 0.2) is 48.5 Å². The van der Waals surface area contributed by atoms with Gasteiger partial charge in [0.15, 0.2) is 6.10 Å². The predicted octanol–water partition coefficient (Wildman–Crippen LogP) is 1.69. The number of rotatable bonds is 10. The molecule has 1 aliphatic carbocycles. The van der Waals surface area contributed by atoms with E-state index < -0.39 is 12.1 Å². The van der Waals surface area contributed by atoms with E-state index in [1.54, 1.807) is 0 Å². The topological polar surface area (TPSA) is 91.0 Å². The molecule has 2 aromatic rings. The Kier molecular flexibility index (Phi) is 6.95. The van der Waals surface area contributed by atoms with E-state index in [0.29, 0.717) is 19.8 Å². The Morgan fingerprint density at radius 1 is 0.963 bits per heavy atom. The van der Waals surface area contributed by atoms with Crippen molar-refractivity contribution in [1.29, 1.82) is 0 Å². The molecule has 2 aromatic carbocycles. The lowest BCUT2D eigenvalue weighted by molar-refractivity contribution is -0.157. The second-order valence-electron chi connectivity index (χ2n) is 6.35. The maximum atomic E-state index is 12.1. The first-order valence-electron chi connectivity index (χ1n) is 9.11. The number of hydrogen-bond donors (Lipinski definition) is 2. The highest BCUT2D eigenvalue weighted by atomic mass is 16.6. The van der Waals surface area contributed by atoms with Crippen molar-refractivity contribution < 1.29 is 24.1 Å². The molecule has 0 saturated heterocycles. The molecule has 0 amide bonds. The van der Waals surface area contributed by atoms with E-state index in [1.165, 1.54) is 0 Å². The van der Waals surface area contributed by atoms with Gasteiger partial charge in [0.05, 0.1) is 26.4 Å². The first kappa shape index (κ1) is 19.5. The number of ether oxygens (including phenoxy) is 3. The fraction of sp³-hybridized carbons (Fsp3) is 0.381. The van der Waals surface area contributed by atoms with Gasteiger partial charge in [0.25, 0.3) is 0 Å². The lowest BCUT2D eigenvalue weighted by atomic mass is 9.98. The molecule has 1 aliphatic rings. The number of esters is 1. The Morgan fingerprint density at radius 2 is 1.56 bits per heavy atom. The molecule has 0 heterocycles. The molecule has 6 nitrogen and oxygen atoms in total. The molecule has 3 N–H and O–H groups in total. The Labute approximate surface area is 158 Å². The number of hydrogen-bond acceptors (Lipinski definition) is 6. The molecule has 0 spiro atoms. The number of aliphatic hydroxyl groups excluding tert-OH is 1. The lowest BCUT2D eigenvalue weighted by Gasteiger charge is -2.16. The third-order valence-corrected chi connectivity index (χ3v) is 4.54. The zero-order chi connectivity index (χ0) is 19.1. The van der Waals surface area contributed by atoms with Crippen molar-refractivity contribution in [2.75, 3.05) is 39.6 Å². The van der Waals surface area contributed by atoms with Crippen molar-refractivity contribution in [1.82, 2.24) is 0 Å². The molecule has 0 bridgehead atoms. The highest BCUT2D eigenvalue weighted by Gasteiger charge is 2.29. The SMILES string of the molecule is NCCOCCOCC(O)C(=O)OCC1c2ccccc2-c2ccccc21. The number of benzene rings is 2. The van der Waals surface area contributed by atoms with Gasteiger partial charge in [-0.05, 0) is 22.3 Å². The number of nitrogens with two attached hydrogens (primary N) is 1. The second kappa shape index (κ2) is 9.62. The van der Waals surface area contributed by atoms with Crippen LogP contribution in [0.3, 0.4) is 0 Å². The highest BCUT2D eigenvalue weighted by molar-refractivity contribution is 5.79. The van der Waals surface area contributed by atoms with Crippen LogP contribution >= 0.6 is 0 Å². The lowest BCUT2D eigenvalue weighted by Crippen LogP contribution is -2.30. The smallest absolute Gasteiger partial charge is 0.337 e. The van der Waals surface area contributed by atoms with Crippen molar-refractivity contribution in [2.45, 2.75) is 12.0 Å². The molecule has 0 saturated carbocycles. The summed E-state index contributed by atoms with van der Waals surface area (Å²) in [6.45, 7) is 1.62. The molecular weight excluding hydrogens is 346 g/mol. The number of aliphatic hydroxyl groups is 1. The molecule has 144 valence electrons. The van der Waals surface area contributed by atoms with Crippen LogP contribution in [0.25, 0.3) is 11.1 Å². The standard InChI is InChI=1S/C21H25NO5/c22-9-10-25-11-12-26-14-20(23)21(24)27-13-19-17-7-3-1-5-15(17)16-6-2-4-8-18(16)19/h1-8,19-20,23H,9-14,22H2. The molecule has 1 atom stereocenters. The van der Waals surface area contributed by atoms with E-state index in [4.69, 9.17) is 19.9 Å². The molecule has 1 unspecified atom stereocenters. The van der Waals surface area contributed by atoms with Gasteiger partial charge >= 0.3 is 5.97 Å². The Balaban J connectivity index is 1.52. The molecule has 0 fully saturated rings. The van der Waals surface area contributed by atoms with Crippen molar-refractivity contribution in [3.8, 4) is 11.1 Å². The molecule has 3 rings (SSSR count). The van der Waals surface area contributed by atoms with Gasteiger partial charge in [-0.15, -0.1) is 0 Å². The third-order valence-electron chi connectivity index (χ3n) is 4.54. The first-order chi connectivity index (χ1) is 13.2. The minimum absolute atomic E-state index is 0.0286. The number of fused-ring (bicyclic) bond motifs is 3. The fourth-order valence-electron chi connectivity index (χ4n) is 3.27. The average Bonchev–Trinajstić information content (AvgIpc) is 3.02. The van der Waals surface area contributed by atoms with Gasteiger partial charge in [0, 0.05) is 12.5 Å². The van der Waals surface area contributed by atoms with Crippen molar-refractivity contribution in [2.24, 2.45) is 5.73 Å². The van der Waals surface area contributed by atoms with Crippen LogP contribution in [0.2, 0.25) is 0 Å². The second-order valence-corrected chi connectivity index (χ2v) is 6.35. The van der Waals surface area contributed by atoms with Crippen LogP contribution in [-0.2, 0) is 19.0 Å². The van der Waals surface area contributed by atoms with Crippen LogP contribution in [0, 0.1) is 0 Å². The number of carbonyl (C=O) groups excluding carboxylic acids is 1. The maximum Gasteiger partial charge on any atom is 0.337 e. The van der Waals surface area contributed by atoms with Crippen LogP contribution < -0.4 is 5.73 Å². The van der Waals surface area contributed by atoms with Gasteiger partial charge in [-0.2, -0.15) is 0 Å².